The van der Waals surface area contributed by atoms with Crippen LogP contribution in [0.4, 0.5) is 0 Å². The minimum atomic E-state index is -0.416. The van der Waals surface area contributed by atoms with Crippen LogP contribution in [0, 0.1) is 0 Å². The molecule has 130 valence electrons. The quantitative estimate of drug-likeness (QED) is 0.675. The summed E-state index contributed by atoms with van der Waals surface area (Å²) in [5.41, 5.74) is 2.75. The molecule has 0 aliphatic heterocycles. The number of furan rings is 1. The molecule has 3 rings (SSSR count). The van der Waals surface area contributed by atoms with E-state index >= 15 is 0 Å². The van der Waals surface area contributed by atoms with Gasteiger partial charge in [0, 0.05) is 16.0 Å². The van der Waals surface area contributed by atoms with Crippen LogP contribution in [0.1, 0.15) is 41.6 Å². The van der Waals surface area contributed by atoms with E-state index in [0.29, 0.717) is 24.5 Å². The normalized spacial score (nSPS) is 12.3. The summed E-state index contributed by atoms with van der Waals surface area (Å²) in [6.07, 6.45) is 0. The molecule has 0 aliphatic rings. The summed E-state index contributed by atoms with van der Waals surface area (Å²) in [5.74, 6) is -0.121. The second-order valence-electron chi connectivity index (χ2n) is 5.91. The number of nitrogens with two attached hydrogens (primary N) is 1. The van der Waals surface area contributed by atoms with E-state index in [1.165, 1.54) is 5.56 Å². The van der Waals surface area contributed by atoms with E-state index in [-0.39, 0.29) is 6.04 Å². The summed E-state index contributed by atoms with van der Waals surface area (Å²) < 4.78 is 10.9. The van der Waals surface area contributed by atoms with E-state index < -0.39 is 5.97 Å². The Morgan fingerprint density at radius 1 is 1.20 bits per heavy atom. The van der Waals surface area contributed by atoms with E-state index in [0.717, 1.165) is 16.0 Å². The minimum Gasteiger partial charge on any atom is -0.460 e. The van der Waals surface area contributed by atoms with Crippen molar-refractivity contribution >= 4 is 28.5 Å². The second kappa shape index (κ2) is 7.72. The second-order valence-corrected chi connectivity index (χ2v) is 6.34. The van der Waals surface area contributed by atoms with Gasteiger partial charge in [-0.1, -0.05) is 41.9 Å². The molecular weight excluding hydrogens is 338 g/mol. The number of fused-ring (bicyclic) bond motifs is 1. The predicted molar refractivity (Wildman–Crippen MR) is 97.7 cm³/mol. The van der Waals surface area contributed by atoms with Gasteiger partial charge in [-0.15, -0.1) is 0 Å². The lowest BCUT2D eigenvalue weighted by molar-refractivity contribution is -0.707. The third-order valence-electron chi connectivity index (χ3n) is 4.23. The van der Waals surface area contributed by atoms with Crippen LogP contribution in [0.3, 0.4) is 0 Å². The highest BCUT2D eigenvalue weighted by Crippen LogP contribution is 2.26. The zero-order chi connectivity index (χ0) is 17.8. The van der Waals surface area contributed by atoms with E-state index in [9.17, 15) is 4.79 Å². The monoisotopic (exact) mass is 358 g/mol. The highest BCUT2D eigenvalue weighted by atomic mass is 35.5. The van der Waals surface area contributed by atoms with Crippen LogP contribution < -0.4 is 5.32 Å². The Balaban J connectivity index is 1.85. The van der Waals surface area contributed by atoms with Gasteiger partial charge in [0.1, 0.15) is 18.2 Å². The van der Waals surface area contributed by atoms with Crippen molar-refractivity contribution in [1.29, 1.82) is 0 Å². The molecule has 0 saturated heterocycles. The summed E-state index contributed by atoms with van der Waals surface area (Å²) in [4.78, 5) is 12.2. The van der Waals surface area contributed by atoms with Crippen molar-refractivity contribution in [2.24, 2.45) is 0 Å². The third kappa shape index (κ3) is 3.86. The minimum absolute atomic E-state index is 0.223. The van der Waals surface area contributed by atoms with Crippen LogP contribution in [0.5, 0.6) is 0 Å². The number of para-hydroxylation sites is 1. The van der Waals surface area contributed by atoms with E-state index in [1.54, 1.807) is 6.92 Å². The lowest BCUT2D eigenvalue weighted by atomic mass is 10.1. The first-order chi connectivity index (χ1) is 12.1. The van der Waals surface area contributed by atoms with Gasteiger partial charge >= 0.3 is 5.97 Å². The molecule has 0 unspecified atom stereocenters. The zero-order valence-electron chi connectivity index (χ0n) is 14.3. The van der Waals surface area contributed by atoms with Crippen molar-refractivity contribution in [1.82, 2.24) is 0 Å². The maximum Gasteiger partial charge on any atom is 0.374 e. The maximum atomic E-state index is 12.2. The smallest absolute Gasteiger partial charge is 0.374 e. The first-order valence-corrected chi connectivity index (χ1v) is 8.74. The highest BCUT2D eigenvalue weighted by Gasteiger charge is 2.23. The van der Waals surface area contributed by atoms with Crippen molar-refractivity contribution in [3.63, 3.8) is 0 Å². The van der Waals surface area contributed by atoms with Gasteiger partial charge in [-0.05, 0) is 32.0 Å². The van der Waals surface area contributed by atoms with Crippen LogP contribution in [0.25, 0.3) is 11.0 Å². The SMILES string of the molecule is CCOC(=O)c1oc2ccccc2c1C[NH2+][C@@H](C)c1ccc(Cl)cc1. The first kappa shape index (κ1) is 17.5. The molecule has 3 aromatic rings. The molecule has 5 heteroatoms. The Morgan fingerprint density at radius 3 is 2.64 bits per heavy atom. The molecule has 1 heterocycles. The molecule has 4 nitrogen and oxygen atoms in total. The number of carbonyl (C=O) groups is 1. The largest absolute Gasteiger partial charge is 0.460 e. The summed E-state index contributed by atoms with van der Waals surface area (Å²) >= 11 is 5.95. The van der Waals surface area contributed by atoms with Gasteiger partial charge in [-0.25, -0.2) is 4.79 Å². The molecule has 1 aromatic heterocycles. The molecule has 0 saturated carbocycles. The van der Waals surface area contributed by atoms with Crippen molar-refractivity contribution in [3.05, 3.63) is 70.4 Å². The number of carbonyl (C=O) groups excluding carboxylic acids is 1. The van der Waals surface area contributed by atoms with Crippen LogP contribution in [-0.4, -0.2) is 12.6 Å². The molecule has 2 aromatic carbocycles. The molecule has 25 heavy (non-hydrogen) atoms. The Kier molecular flexibility index (Phi) is 5.41. The molecule has 0 amide bonds. The highest BCUT2D eigenvalue weighted by molar-refractivity contribution is 6.30. The van der Waals surface area contributed by atoms with Crippen molar-refractivity contribution in [2.75, 3.05) is 6.61 Å². The maximum absolute atomic E-state index is 12.2. The van der Waals surface area contributed by atoms with Crippen LogP contribution >= 0.6 is 11.6 Å². The zero-order valence-corrected chi connectivity index (χ0v) is 15.0. The topological polar surface area (TPSA) is 56.0 Å². The Morgan fingerprint density at radius 2 is 1.92 bits per heavy atom. The number of hydrogen-bond donors (Lipinski definition) is 1. The van der Waals surface area contributed by atoms with E-state index in [2.05, 4.69) is 12.2 Å². The molecule has 0 spiro atoms. The van der Waals surface area contributed by atoms with Gasteiger partial charge in [-0.2, -0.15) is 0 Å². The summed E-state index contributed by atoms with van der Waals surface area (Å²) in [6, 6.07) is 15.7. The number of quaternary nitrogens is 1. The number of hydrogen-bond acceptors (Lipinski definition) is 3. The average Bonchev–Trinajstić information content (AvgIpc) is 2.99. The molecule has 0 fully saturated rings. The molecule has 1 atom stereocenters. The average molecular weight is 359 g/mol. The van der Waals surface area contributed by atoms with Gasteiger partial charge in [0.05, 0.1) is 12.2 Å². The van der Waals surface area contributed by atoms with E-state index in [4.69, 9.17) is 20.8 Å². The lowest BCUT2D eigenvalue weighted by Crippen LogP contribution is -2.83. The van der Waals surface area contributed by atoms with Gasteiger partial charge < -0.3 is 14.5 Å². The fraction of sp³-hybridized carbons (Fsp3) is 0.250. The molecule has 2 N–H and O–H groups in total. The Bertz CT molecular complexity index is 870. The molecule has 0 bridgehead atoms. The fourth-order valence-corrected chi connectivity index (χ4v) is 2.99. The Hall–Kier alpha value is -2.30. The van der Waals surface area contributed by atoms with Crippen LogP contribution in [0.2, 0.25) is 5.02 Å². The number of halogens is 1. The fourth-order valence-electron chi connectivity index (χ4n) is 2.86. The molecular formula is C20H21ClNO3+. The molecule has 0 radical (unpaired) electrons. The molecule has 0 aliphatic carbocycles. The van der Waals surface area contributed by atoms with Crippen LogP contribution in [0.15, 0.2) is 52.9 Å². The van der Waals surface area contributed by atoms with Gasteiger partial charge in [0.25, 0.3) is 0 Å². The van der Waals surface area contributed by atoms with Crippen LogP contribution in [-0.2, 0) is 11.3 Å². The van der Waals surface area contributed by atoms with Gasteiger partial charge in [-0.3, -0.25) is 0 Å². The number of ether oxygens (including phenoxy) is 1. The van der Waals surface area contributed by atoms with Crippen molar-refractivity contribution in [3.8, 4) is 0 Å². The number of benzene rings is 2. The van der Waals surface area contributed by atoms with Crippen molar-refractivity contribution in [2.45, 2.75) is 26.4 Å². The van der Waals surface area contributed by atoms with Gasteiger partial charge in [0.15, 0.2) is 0 Å². The summed E-state index contributed by atoms with van der Waals surface area (Å²) in [6.45, 7) is 4.85. The van der Waals surface area contributed by atoms with Crippen molar-refractivity contribution < 1.29 is 19.3 Å². The van der Waals surface area contributed by atoms with E-state index in [1.807, 2.05) is 48.5 Å². The number of rotatable bonds is 6. The summed E-state index contributed by atoms with van der Waals surface area (Å²) in [5, 5.41) is 3.84. The van der Waals surface area contributed by atoms with Gasteiger partial charge in [0.2, 0.25) is 5.76 Å². The Labute approximate surface area is 151 Å². The predicted octanol–water partition coefficient (Wildman–Crippen LogP) is 4.09. The summed E-state index contributed by atoms with van der Waals surface area (Å²) in [7, 11) is 0. The first-order valence-electron chi connectivity index (χ1n) is 8.36. The lowest BCUT2D eigenvalue weighted by Gasteiger charge is -2.11. The number of esters is 1. The third-order valence-corrected chi connectivity index (χ3v) is 4.48. The standard InChI is InChI=1S/C20H20ClNO3/c1-3-24-20(23)19-17(16-6-4-5-7-18(16)25-19)12-22-13(2)14-8-10-15(21)11-9-14/h4-11,13,22H,3,12H2,1-2H3/p+1/t13-/m0/s1.